The third-order valence-corrected chi connectivity index (χ3v) is 9.29. The maximum absolute atomic E-state index is 14.1. The number of unbranched alkanes of at least 4 members (excludes halogenated alkanes) is 1. The molecule has 2 aliphatic rings. The van der Waals surface area contributed by atoms with Crippen LogP contribution in [-0.2, 0) is 25.6 Å². The van der Waals surface area contributed by atoms with Crippen LogP contribution in [-0.4, -0.2) is 54.8 Å². The number of nitrogens with one attached hydrogen (secondary N) is 3. The second-order valence-electron chi connectivity index (χ2n) is 12.8. The Morgan fingerprint density at radius 3 is 2.20 bits per heavy atom. The van der Waals surface area contributed by atoms with E-state index in [0.717, 1.165) is 42.0 Å². The van der Waals surface area contributed by atoms with Crippen molar-refractivity contribution >= 4 is 34.4 Å². The Hall–Kier alpha value is -4.02. The molecule has 46 heavy (non-hydrogen) atoms. The highest BCUT2D eigenvalue weighted by Crippen LogP contribution is 2.28. The minimum atomic E-state index is -0.944. The van der Waals surface area contributed by atoms with Crippen molar-refractivity contribution in [1.29, 1.82) is 0 Å². The Labute approximate surface area is 272 Å². The topological polar surface area (TPSA) is 182 Å². The van der Waals surface area contributed by atoms with Gasteiger partial charge in [0.2, 0.25) is 23.6 Å². The molecule has 2 aromatic rings. The first-order valence-corrected chi connectivity index (χ1v) is 16.7. The third-order valence-electron chi connectivity index (χ3n) is 9.29. The van der Waals surface area contributed by atoms with E-state index in [2.05, 4.69) is 16.0 Å². The molecular formula is C36H50N6O4. The number of carbonyl (C=O) groups excluding carboxylic acids is 4. The fraction of sp³-hybridized carbons (Fsp3) is 0.500. The van der Waals surface area contributed by atoms with E-state index in [1.807, 2.05) is 66.8 Å². The zero-order chi connectivity index (χ0) is 32.9. The average molecular weight is 631 g/mol. The van der Waals surface area contributed by atoms with Gasteiger partial charge in [-0.05, 0) is 99.0 Å². The summed E-state index contributed by atoms with van der Waals surface area (Å²) in [5.74, 6) is -1.50. The summed E-state index contributed by atoms with van der Waals surface area (Å²) >= 11 is 0. The van der Waals surface area contributed by atoms with Crippen LogP contribution in [0.15, 0.2) is 66.8 Å². The average Bonchev–Trinajstić information content (AvgIpc) is 3.07. The Kier molecular flexibility index (Phi) is 13.3. The van der Waals surface area contributed by atoms with Crippen molar-refractivity contribution in [1.82, 2.24) is 16.0 Å². The first-order valence-electron chi connectivity index (χ1n) is 16.7. The predicted molar refractivity (Wildman–Crippen MR) is 181 cm³/mol. The van der Waals surface area contributed by atoms with Crippen molar-refractivity contribution in [2.75, 3.05) is 13.1 Å². The summed E-state index contributed by atoms with van der Waals surface area (Å²) in [7, 11) is 0. The highest BCUT2D eigenvalue weighted by molar-refractivity contribution is 5.94. The van der Waals surface area contributed by atoms with E-state index in [0.29, 0.717) is 51.1 Å². The molecule has 0 aliphatic heterocycles. The van der Waals surface area contributed by atoms with Crippen LogP contribution in [0.3, 0.4) is 0 Å². The molecule has 2 aliphatic carbocycles. The van der Waals surface area contributed by atoms with Crippen LogP contribution in [0.5, 0.6) is 0 Å². The van der Waals surface area contributed by atoms with Crippen molar-refractivity contribution in [2.45, 2.75) is 82.3 Å². The van der Waals surface area contributed by atoms with Crippen molar-refractivity contribution in [3.05, 3.63) is 72.3 Å². The van der Waals surface area contributed by atoms with E-state index in [-0.39, 0.29) is 24.2 Å². The van der Waals surface area contributed by atoms with Crippen LogP contribution < -0.4 is 33.2 Å². The van der Waals surface area contributed by atoms with Gasteiger partial charge in [-0.2, -0.15) is 0 Å². The number of hydrogen-bond donors (Lipinski definition) is 6. The molecule has 10 heteroatoms. The highest BCUT2D eigenvalue weighted by atomic mass is 16.2. The fourth-order valence-electron chi connectivity index (χ4n) is 6.42. The molecule has 1 unspecified atom stereocenters. The maximum atomic E-state index is 14.1. The van der Waals surface area contributed by atoms with Gasteiger partial charge in [-0.25, -0.2) is 0 Å². The van der Waals surface area contributed by atoms with Crippen LogP contribution in [0, 0.1) is 17.8 Å². The number of nitrogens with two attached hydrogens (primary N) is 3. The summed E-state index contributed by atoms with van der Waals surface area (Å²) in [6.45, 7) is 1.08. The molecule has 0 radical (unpaired) electrons. The summed E-state index contributed by atoms with van der Waals surface area (Å²) in [5, 5.41) is 10.9. The van der Waals surface area contributed by atoms with E-state index in [1.54, 1.807) is 0 Å². The van der Waals surface area contributed by atoms with Crippen LogP contribution in [0.2, 0.25) is 0 Å². The Morgan fingerprint density at radius 2 is 1.52 bits per heavy atom. The Balaban J connectivity index is 1.54. The molecular weight excluding hydrogens is 580 g/mol. The van der Waals surface area contributed by atoms with Crippen LogP contribution in [0.25, 0.3) is 10.8 Å². The molecule has 4 atom stereocenters. The summed E-state index contributed by atoms with van der Waals surface area (Å²) < 4.78 is 0. The van der Waals surface area contributed by atoms with Crippen molar-refractivity contribution < 1.29 is 19.2 Å². The number of fused-ring (bicyclic) bond motifs is 1. The zero-order valence-electron chi connectivity index (χ0n) is 26.7. The van der Waals surface area contributed by atoms with Crippen molar-refractivity contribution in [3.63, 3.8) is 0 Å². The first kappa shape index (κ1) is 34.8. The van der Waals surface area contributed by atoms with E-state index < -0.39 is 35.8 Å². The molecule has 9 N–H and O–H groups in total. The van der Waals surface area contributed by atoms with Gasteiger partial charge < -0.3 is 33.2 Å². The number of amides is 4. The van der Waals surface area contributed by atoms with Crippen molar-refractivity contribution in [3.8, 4) is 0 Å². The molecule has 4 amide bonds. The highest BCUT2D eigenvalue weighted by Gasteiger charge is 2.33. The lowest BCUT2D eigenvalue weighted by atomic mass is 9.81. The normalized spacial score (nSPS) is 21.2. The lowest BCUT2D eigenvalue weighted by Crippen LogP contribution is -2.57. The minimum absolute atomic E-state index is 0.0107. The number of carbonyl (C=O) groups is 4. The molecule has 4 rings (SSSR count). The lowest BCUT2D eigenvalue weighted by Gasteiger charge is -2.30. The van der Waals surface area contributed by atoms with Gasteiger partial charge in [0.05, 0.1) is 0 Å². The molecule has 0 heterocycles. The second kappa shape index (κ2) is 17.6. The molecule has 1 fully saturated rings. The number of benzene rings is 2. The van der Waals surface area contributed by atoms with Gasteiger partial charge in [-0.1, -0.05) is 66.8 Å². The smallest absolute Gasteiger partial charge is 0.243 e. The summed E-state index contributed by atoms with van der Waals surface area (Å²) in [5.41, 5.74) is 18.0. The zero-order valence-corrected chi connectivity index (χ0v) is 26.7. The number of allylic oxidation sites excluding steroid dienone is 4. The molecule has 0 aromatic heterocycles. The van der Waals surface area contributed by atoms with Gasteiger partial charge in [0.15, 0.2) is 0 Å². The molecule has 2 aromatic carbocycles. The quantitative estimate of drug-likeness (QED) is 0.155. The third kappa shape index (κ3) is 10.3. The lowest BCUT2D eigenvalue weighted by molar-refractivity contribution is -0.134. The standard InChI is InChI=1S/C36H50N6O4/c37-19-7-6-12-30(33(39)43)40-35(45)31(21-24-8-2-1-3-9-24)42-36(46)32(41-34(44)28-17-13-25(23-38)14-18-28)22-26-15-16-27-10-4-5-11-29(27)20-26/h1-5,8,10-11,15-16,20,24-25,28,30-32H,6-7,9,12-14,17-19,21-23,37-38H2,(H2,39,43)(H,40,45)(H,41,44)(H,42,46)/t24?,25?,28?,30-,31+,32+/m0/s1. The van der Waals surface area contributed by atoms with E-state index in [9.17, 15) is 19.2 Å². The minimum Gasteiger partial charge on any atom is -0.368 e. The fourth-order valence-corrected chi connectivity index (χ4v) is 6.42. The molecule has 0 bridgehead atoms. The summed E-state index contributed by atoms with van der Waals surface area (Å²) in [6.07, 6.45) is 14.1. The summed E-state index contributed by atoms with van der Waals surface area (Å²) in [6, 6.07) is 11.2. The van der Waals surface area contributed by atoms with Crippen LogP contribution in [0.1, 0.15) is 63.4 Å². The molecule has 0 saturated heterocycles. The molecule has 248 valence electrons. The Bertz CT molecular complexity index is 1400. The second-order valence-corrected chi connectivity index (χ2v) is 12.8. The summed E-state index contributed by atoms with van der Waals surface area (Å²) in [4.78, 5) is 53.4. The van der Waals surface area contributed by atoms with Gasteiger partial charge in [0, 0.05) is 12.3 Å². The van der Waals surface area contributed by atoms with Crippen molar-refractivity contribution in [2.24, 2.45) is 35.0 Å². The van der Waals surface area contributed by atoms with E-state index in [4.69, 9.17) is 17.2 Å². The van der Waals surface area contributed by atoms with Crippen LogP contribution in [0.4, 0.5) is 0 Å². The SMILES string of the molecule is NCCCC[C@H](NC(=O)[C@@H](CC1C=CC=CC1)NC(=O)[C@@H](Cc1ccc2ccccc2c1)NC(=O)C1CCC(CN)CC1)C(N)=O. The maximum Gasteiger partial charge on any atom is 0.243 e. The number of hydrogen-bond acceptors (Lipinski definition) is 6. The van der Waals surface area contributed by atoms with Gasteiger partial charge in [0.25, 0.3) is 0 Å². The van der Waals surface area contributed by atoms with E-state index >= 15 is 0 Å². The molecule has 10 nitrogen and oxygen atoms in total. The predicted octanol–water partition coefficient (Wildman–Crippen LogP) is 2.74. The van der Waals surface area contributed by atoms with Gasteiger partial charge in [0.1, 0.15) is 18.1 Å². The van der Waals surface area contributed by atoms with Crippen LogP contribution >= 0.6 is 0 Å². The Morgan fingerprint density at radius 1 is 0.804 bits per heavy atom. The molecule has 0 spiro atoms. The van der Waals surface area contributed by atoms with Gasteiger partial charge in [-0.15, -0.1) is 0 Å². The van der Waals surface area contributed by atoms with E-state index in [1.165, 1.54) is 0 Å². The largest absolute Gasteiger partial charge is 0.368 e. The van der Waals surface area contributed by atoms with Gasteiger partial charge >= 0.3 is 0 Å². The molecule has 1 saturated carbocycles. The van der Waals surface area contributed by atoms with Gasteiger partial charge in [-0.3, -0.25) is 19.2 Å². The first-order chi connectivity index (χ1) is 22.3. The monoisotopic (exact) mass is 630 g/mol. The number of primary amides is 1. The number of rotatable bonds is 16.